The molecule has 0 amide bonds. The Labute approximate surface area is 118 Å². The van der Waals surface area contributed by atoms with Crippen LogP contribution in [-0.4, -0.2) is 4.57 Å². The number of benzene rings is 1. The minimum atomic E-state index is 0.173. The molecule has 0 radical (unpaired) electrons. The summed E-state index contributed by atoms with van der Waals surface area (Å²) in [5.74, 6) is 0. The van der Waals surface area contributed by atoms with Gasteiger partial charge in [-0.2, -0.15) is 0 Å². The number of hydrogen-bond acceptors (Lipinski definition) is 0. The van der Waals surface area contributed by atoms with E-state index >= 15 is 0 Å². The summed E-state index contributed by atoms with van der Waals surface area (Å²) >= 11 is 3.60. The second kappa shape index (κ2) is 4.93. The Morgan fingerprint density at radius 1 is 1.11 bits per heavy atom. The fourth-order valence-electron chi connectivity index (χ4n) is 2.09. The molecule has 0 aliphatic carbocycles. The Morgan fingerprint density at radius 2 is 1.72 bits per heavy atom. The van der Waals surface area contributed by atoms with E-state index in [0.717, 1.165) is 5.33 Å². The van der Waals surface area contributed by atoms with Crippen molar-refractivity contribution in [1.29, 1.82) is 0 Å². The number of halogens is 1. The molecule has 0 fully saturated rings. The molecule has 0 unspecified atom stereocenters. The van der Waals surface area contributed by atoms with E-state index in [1.165, 1.54) is 22.4 Å². The van der Waals surface area contributed by atoms with Crippen molar-refractivity contribution in [1.82, 2.24) is 4.57 Å². The van der Waals surface area contributed by atoms with Crippen molar-refractivity contribution in [3.63, 3.8) is 0 Å². The van der Waals surface area contributed by atoms with Crippen molar-refractivity contribution in [3.05, 3.63) is 53.3 Å². The quantitative estimate of drug-likeness (QED) is 0.690. The smallest absolute Gasteiger partial charge is 0.0484 e. The van der Waals surface area contributed by atoms with Gasteiger partial charge in [-0.1, -0.05) is 42.8 Å². The van der Waals surface area contributed by atoms with Gasteiger partial charge in [0.15, 0.2) is 0 Å². The fraction of sp³-hybridized carbons (Fsp3) is 0.375. The molecule has 1 aromatic carbocycles. The van der Waals surface area contributed by atoms with Gasteiger partial charge in [0.2, 0.25) is 0 Å². The van der Waals surface area contributed by atoms with Crippen molar-refractivity contribution in [3.8, 4) is 5.69 Å². The number of hydrogen-bond donors (Lipinski definition) is 0. The van der Waals surface area contributed by atoms with E-state index in [2.05, 4.69) is 84.9 Å². The molecule has 0 aliphatic rings. The lowest BCUT2D eigenvalue weighted by atomic mass is 9.85. The van der Waals surface area contributed by atoms with E-state index in [9.17, 15) is 0 Å². The van der Waals surface area contributed by atoms with Crippen LogP contribution in [0.5, 0.6) is 0 Å². The molecule has 18 heavy (non-hydrogen) atoms. The molecule has 0 saturated heterocycles. The van der Waals surface area contributed by atoms with Gasteiger partial charge in [-0.25, -0.2) is 0 Å². The topological polar surface area (TPSA) is 4.93 Å². The molecule has 0 saturated carbocycles. The lowest BCUT2D eigenvalue weighted by Gasteiger charge is -2.23. The van der Waals surface area contributed by atoms with Gasteiger partial charge >= 0.3 is 0 Å². The number of rotatable bonds is 2. The van der Waals surface area contributed by atoms with Crippen molar-refractivity contribution in [2.75, 3.05) is 0 Å². The normalized spacial score (nSPS) is 11.8. The zero-order chi connectivity index (χ0) is 13.3. The lowest BCUT2D eigenvalue weighted by Crippen LogP contribution is -2.13. The Hall–Kier alpha value is -1.02. The maximum Gasteiger partial charge on any atom is 0.0484 e. The minimum absolute atomic E-state index is 0.173. The Kier molecular flexibility index (Phi) is 3.67. The first-order chi connectivity index (χ1) is 8.43. The summed E-state index contributed by atoms with van der Waals surface area (Å²) in [4.78, 5) is 0. The van der Waals surface area contributed by atoms with Crippen LogP contribution in [0.25, 0.3) is 5.69 Å². The van der Waals surface area contributed by atoms with E-state index in [4.69, 9.17) is 0 Å². The standard InChI is InChI=1S/C16H20BrN/c1-12-13(11-17)9-14(16(2,3)4)10-15(12)18-7-5-6-8-18/h5-10H,11H2,1-4H3. The van der Waals surface area contributed by atoms with Gasteiger partial charge in [0.1, 0.15) is 0 Å². The summed E-state index contributed by atoms with van der Waals surface area (Å²) in [5, 5.41) is 0.900. The molecule has 0 spiro atoms. The molecule has 0 N–H and O–H groups in total. The molecular formula is C16H20BrN. The molecule has 0 bridgehead atoms. The van der Waals surface area contributed by atoms with Crippen LogP contribution in [0.3, 0.4) is 0 Å². The second-order valence-electron chi connectivity index (χ2n) is 5.75. The summed E-state index contributed by atoms with van der Waals surface area (Å²) in [6, 6.07) is 8.76. The first kappa shape index (κ1) is 13.4. The van der Waals surface area contributed by atoms with E-state index in [1.54, 1.807) is 0 Å². The molecule has 1 nitrogen and oxygen atoms in total. The van der Waals surface area contributed by atoms with Gasteiger partial charge < -0.3 is 4.57 Å². The SMILES string of the molecule is Cc1c(CBr)cc(C(C)(C)C)cc1-n1cccc1. The highest BCUT2D eigenvalue weighted by Gasteiger charge is 2.17. The zero-order valence-electron chi connectivity index (χ0n) is 11.5. The molecular weight excluding hydrogens is 286 g/mol. The summed E-state index contributed by atoms with van der Waals surface area (Å²) in [6.07, 6.45) is 4.21. The highest BCUT2D eigenvalue weighted by molar-refractivity contribution is 9.08. The van der Waals surface area contributed by atoms with Gasteiger partial charge in [-0.3, -0.25) is 0 Å². The predicted octanol–water partition coefficient (Wildman–Crippen LogP) is 4.98. The van der Waals surface area contributed by atoms with E-state index in [-0.39, 0.29) is 5.41 Å². The van der Waals surface area contributed by atoms with E-state index in [0.29, 0.717) is 0 Å². The van der Waals surface area contributed by atoms with Crippen LogP contribution in [0.15, 0.2) is 36.7 Å². The van der Waals surface area contributed by atoms with Crippen molar-refractivity contribution >= 4 is 15.9 Å². The van der Waals surface area contributed by atoms with Crippen LogP contribution in [0.2, 0.25) is 0 Å². The second-order valence-corrected chi connectivity index (χ2v) is 6.31. The molecule has 96 valence electrons. The molecule has 2 aromatic rings. The van der Waals surface area contributed by atoms with Crippen LogP contribution in [0.4, 0.5) is 0 Å². The third-order valence-corrected chi connectivity index (χ3v) is 3.98. The van der Waals surface area contributed by atoms with Crippen LogP contribution < -0.4 is 0 Å². The predicted molar refractivity (Wildman–Crippen MR) is 81.8 cm³/mol. The summed E-state index contributed by atoms with van der Waals surface area (Å²) in [6.45, 7) is 8.97. The average Bonchev–Trinajstić information content (AvgIpc) is 2.81. The highest BCUT2D eigenvalue weighted by Crippen LogP contribution is 2.30. The van der Waals surface area contributed by atoms with E-state index < -0.39 is 0 Å². The molecule has 2 rings (SSSR count). The number of aromatic nitrogens is 1. The summed E-state index contributed by atoms with van der Waals surface area (Å²) in [7, 11) is 0. The molecule has 1 heterocycles. The molecule has 1 aromatic heterocycles. The fourth-order valence-corrected chi connectivity index (χ4v) is 2.68. The van der Waals surface area contributed by atoms with Gasteiger partial charge in [0, 0.05) is 23.4 Å². The number of alkyl halides is 1. The average molecular weight is 306 g/mol. The molecule has 2 heteroatoms. The third-order valence-electron chi connectivity index (χ3n) is 3.38. The maximum absolute atomic E-state index is 3.60. The summed E-state index contributed by atoms with van der Waals surface area (Å²) in [5.41, 5.74) is 5.54. The Morgan fingerprint density at radius 3 is 2.22 bits per heavy atom. The molecule has 0 aliphatic heterocycles. The van der Waals surface area contributed by atoms with Crippen LogP contribution in [-0.2, 0) is 10.7 Å². The Bertz CT molecular complexity index is 533. The van der Waals surface area contributed by atoms with Gasteiger partial charge in [-0.15, -0.1) is 0 Å². The Balaban J connectivity index is 2.65. The van der Waals surface area contributed by atoms with Crippen LogP contribution in [0.1, 0.15) is 37.5 Å². The first-order valence-electron chi connectivity index (χ1n) is 6.27. The van der Waals surface area contributed by atoms with E-state index in [1.807, 2.05) is 0 Å². The minimum Gasteiger partial charge on any atom is -0.324 e. The number of nitrogens with zero attached hydrogens (tertiary/aromatic N) is 1. The molecule has 0 atom stereocenters. The maximum atomic E-state index is 3.60. The van der Waals surface area contributed by atoms with Gasteiger partial charge in [-0.05, 0) is 47.2 Å². The zero-order valence-corrected chi connectivity index (χ0v) is 13.1. The van der Waals surface area contributed by atoms with Gasteiger partial charge in [0.05, 0.1) is 0 Å². The summed E-state index contributed by atoms with van der Waals surface area (Å²) < 4.78 is 2.19. The van der Waals surface area contributed by atoms with Gasteiger partial charge in [0.25, 0.3) is 0 Å². The van der Waals surface area contributed by atoms with Crippen molar-refractivity contribution in [2.24, 2.45) is 0 Å². The van der Waals surface area contributed by atoms with Crippen molar-refractivity contribution < 1.29 is 0 Å². The monoisotopic (exact) mass is 305 g/mol. The highest BCUT2D eigenvalue weighted by atomic mass is 79.9. The first-order valence-corrected chi connectivity index (χ1v) is 7.39. The van der Waals surface area contributed by atoms with Crippen molar-refractivity contribution in [2.45, 2.75) is 38.4 Å². The van der Waals surface area contributed by atoms with Crippen LogP contribution >= 0.6 is 15.9 Å². The van der Waals surface area contributed by atoms with Crippen LogP contribution in [0, 0.1) is 6.92 Å². The lowest BCUT2D eigenvalue weighted by molar-refractivity contribution is 0.589. The third kappa shape index (κ3) is 2.54. The largest absolute Gasteiger partial charge is 0.324 e.